The molecule has 0 saturated carbocycles. The van der Waals surface area contributed by atoms with Crippen LogP contribution in [0.4, 0.5) is 0 Å². The van der Waals surface area contributed by atoms with Gasteiger partial charge in [-0.25, -0.2) is 9.59 Å². The Labute approximate surface area is 166 Å². The maximum absolute atomic E-state index is 12.2. The van der Waals surface area contributed by atoms with Crippen LogP contribution >= 0.6 is 0 Å². The van der Waals surface area contributed by atoms with E-state index in [0.717, 1.165) is 38.5 Å². The minimum atomic E-state index is -0.383. The summed E-state index contributed by atoms with van der Waals surface area (Å²) in [7, 11) is 0. The number of unbranched alkanes of at least 4 members (excludes halogenated alkanes) is 4. The van der Waals surface area contributed by atoms with Crippen LogP contribution in [0, 0.1) is 0 Å². The summed E-state index contributed by atoms with van der Waals surface area (Å²) in [5.41, 5.74) is 1.83. The molecule has 2 aromatic heterocycles. The first-order chi connectivity index (χ1) is 13.7. The number of ether oxygens (including phenoxy) is 2. The van der Waals surface area contributed by atoms with Crippen molar-refractivity contribution in [2.75, 3.05) is 13.2 Å². The first kappa shape index (κ1) is 21.5. The van der Waals surface area contributed by atoms with Crippen molar-refractivity contribution < 1.29 is 19.1 Å². The first-order valence-electron chi connectivity index (χ1n) is 9.92. The molecule has 0 aliphatic carbocycles. The van der Waals surface area contributed by atoms with Crippen molar-refractivity contribution in [2.45, 2.75) is 52.4 Å². The lowest BCUT2D eigenvalue weighted by atomic mass is 10.1. The molecule has 0 aromatic carbocycles. The summed E-state index contributed by atoms with van der Waals surface area (Å²) in [4.78, 5) is 32.9. The van der Waals surface area contributed by atoms with Crippen LogP contribution in [-0.4, -0.2) is 35.1 Å². The Morgan fingerprint density at radius 2 is 1.18 bits per heavy atom. The van der Waals surface area contributed by atoms with Gasteiger partial charge in [-0.05, 0) is 37.1 Å². The second kappa shape index (κ2) is 11.8. The van der Waals surface area contributed by atoms with Crippen molar-refractivity contribution in [3.8, 4) is 11.4 Å². The number of carbonyl (C=O) groups excluding carboxylic acids is 2. The van der Waals surface area contributed by atoms with Gasteiger partial charge in [-0.3, -0.25) is 9.97 Å². The molecule has 6 nitrogen and oxygen atoms in total. The van der Waals surface area contributed by atoms with E-state index in [2.05, 4.69) is 23.8 Å². The Morgan fingerprint density at radius 1 is 0.750 bits per heavy atom. The van der Waals surface area contributed by atoms with Gasteiger partial charge in [0.2, 0.25) is 0 Å². The van der Waals surface area contributed by atoms with Gasteiger partial charge in [0.15, 0.2) is 0 Å². The number of rotatable bonds is 11. The fraction of sp³-hybridized carbons (Fsp3) is 0.455. The molecular weight excluding hydrogens is 356 g/mol. The fourth-order valence-electron chi connectivity index (χ4n) is 2.60. The highest BCUT2D eigenvalue weighted by Crippen LogP contribution is 2.18. The summed E-state index contributed by atoms with van der Waals surface area (Å²) in [5, 5.41) is 0. The lowest BCUT2D eigenvalue weighted by molar-refractivity contribution is 0.0488. The molecule has 0 bridgehead atoms. The van der Waals surface area contributed by atoms with Crippen molar-refractivity contribution in [1.82, 2.24) is 9.97 Å². The van der Waals surface area contributed by atoms with Crippen LogP contribution in [-0.2, 0) is 9.47 Å². The van der Waals surface area contributed by atoms with Crippen LogP contribution in [0.1, 0.15) is 73.1 Å². The normalized spacial score (nSPS) is 10.5. The van der Waals surface area contributed by atoms with Crippen LogP contribution in [0.25, 0.3) is 11.4 Å². The van der Waals surface area contributed by atoms with E-state index >= 15 is 0 Å². The van der Waals surface area contributed by atoms with Gasteiger partial charge >= 0.3 is 11.9 Å². The number of esters is 2. The average Bonchev–Trinajstić information content (AvgIpc) is 2.74. The van der Waals surface area contributed by atoms with Gasteiger partial charge < -0.3 is 9.47 Å². The maximum Gasteiger partial charge on any atom is 0.338 e. The van der Waals surface area contributed by atoms with Crippen LogP contribution < -0.4 is 0 Å². The zero-order valence-corrected chi connectivity index (χ0v) is 16.6. The predicted molar refractivity (Wildman–Crippen MR) is 107 cm³/mol. The largest absolute Gasteiger partial charge is 0.462 e. The number of pyridine rings is 2. The molecule has 0 unspecified atom stereocenters. The Hall–Kier alpha value is -2.76. The SMILES string of the molecule is CCCCCOC(=O)c1ccnc(-c2cc(C(=O)OCCCCC)ccn2)c1. The van der Waals surface area contributed by atoms with Gasteiger partial charge in [0.1, 0.15) is 0 Å². The highest BCUT2D eigenvalue weighted by molar-refractivity contribution is 5.92. The quantitative estimate of drug-likeness (QED) is 0.407. The molecule has 0 aliphatic rings. The van der Waals surface area contributed by atoms with E-state index < -0.39 is 0 Å². The Bertz CT molecular complexity index is 711. The van der Waals surface area contributed by atoms with E-state index in [1.807, 2.05) is 0 Å². The molecular formula is C22H28N2O4. The molecule has 0 radical (unpaired) electrons. The topological polar surface area (TPSA) is 78.4 Å². The lowest BCUT2D eigenvalue weighted by Crippen LogP contribution is -2.08. The summed E-state index contributed by atoms with van der Waals surface area (Å²) >= 11 is 0. The molecule has 0 aliphatic heterocycles. The van der Waals surface area contributed by atoms with Gasteiger partial charge in [0.25, 0.3) is 0 Å². The molecule has 0 amide bonds. The second-order valence-corrected chi connectivity index (χ2v) is 6.55. The molecule has 6 heteroatoms. The third kappa shape index (κ3) is 6.76. The van der Waals surface area contributed by atoms with Gasteiger partial charge in [-0.1, -0.05) is 39.5 Å². The number of hydrogen-bond donors (Lipinski definition) is 0. The van der Waals surface area contributed by atoms with Crippen molar-refractivity contribution >= 4 is 11.9 Å². The van der Waals surface area contributed by atoms with Gasteiger partial charge in [0.05, 0.1) is 35.7 Å². The molecule has 0 fully saturated rings. The molecule has 0 saturated heterocycles. The van der Waals surface area contributed by atoms with E-state index in [1.165, 1.54) is 12.4 Å². The minimum Gasteiger partial charge on any atom is -0.462 e. The van der Waals surface area contributed by atoms with Crippen LogP contribution in [0.3, 0.4) is 0 Å². The zero-order valence-electron chi connectivity index (χ0n) is 16.6. The molecule has 0 spiro atoms. The highest BCUT2D eigenvalue weighted by Gasteiger charge is 2.13. The van der Waals surface area contributed by atoms with Crippen LogP contribution in [0.5, 0.6) is 0 Å². The van der Waals surface area contributed by atoms with E-state index in [0.29, 0.717) is 35.7 Å². The third-order valence-electron chi connectivity index (χ3n) is 4.22. The molecule has 150 valence electrons. The second-order valence-electron chi connectivity index (χ2n) is 6.55. The van der Waals surface area contributed by atoms with Crippen molar-refractivity contribution in [1.29, 1.82) is 0 Å². The monoisotopic (exact) mass is 384 g/mol. The first-order valence-corrected chi connectivity index (χ1v) is 9.92. The average molecular weight is 384 g/mol. The number of carbonyl (C=O) groups is 2. The van der Waals surface area contributed by atoms with E-state index in [9.17, 15) is 9.59 Å². The summed E-state index contributed by atoms with van der Waals surface area (Å²) in [6.45, 7) is 5.00. The summed E-state index contributed by atoms with van der Waals surface area (Å²) in [6.07, 6.45) is 8.97. The number of nitrogens with zero attached hydrogens (tertiary/aromatic N) is 2. The molecule has 0 atom stereocenters. The van der Waals surface area contributed by atoms with E-state index in [-0.39, 0.29) is 11.9 Å². The van der Waals surface area contributed by atoms with Crippen molar-refractivity contribution in [2.24, 2.45) is 0 Å². The fourth-order valence-corrected chi connectivity index (χ4v) is 2.60. The molecule has 28 heavy (non-hydrogen) atoms. The molecule has 2 heterocycles. The molecule has 2 aromatic rings. The van der Waals surface area contributed by atoms with Crippen LogP contribution in [0.2, 0.25) is 0 Å². The lowest BCUT2D eigenvalue weighted by Gasteiger charge is -2.07. The van der Waals surface area contributed by atoms with Gasteiger partial charge in [-0.2, -0.15) is 0 Å². The van der Waals surface area contributed by atoms with E-state index in [1.54, 1.807) is 24.3 Å². The Morgan fingerprint density at radius 3 is 1.57 bits per heavy atom. The summed E-state index contributed by atoms with van der Waals surface area (Å²) in [5.74, 6) is -0.766. The zero-order chi connectivity index (χ0) is 20.2. The Balaban J connectivity index is 2.05. The van der Waals surface area contributed by atoms with E-state index in [4.69, 9.17) is 9.47 Å². The molecule has 0 N–H and O–H groups in total. The van der Waals surface area contributed by atoms with Crippen LogP contribution in [0.15, 0.2) is 36.7 Å². The van der Waals surface area contributed by atoms with Crippen molar-refractivity contribution in [3.63, 3.8) is 0 Å². The summed E-state index contributed by atoms with van der Waals surface area (Å²) in [6, 6.07) is 6.47. The highest BCUT2D eigenvalue weighted by atomic mass is 16.5. The Kier molecular flexibility index (Phi) is 9.11. The smallest absolute Gasteiger partial charge is 0.338 e. The minimum absolute atomic E-state index is 0.383. The predicted octanol–water partition coefficient (Wildman–Crippen LogP) is 4.84. The standard InChI is InChI=1S/C22H28N2O4/c1-3-5-7-13-27-21(25)17-9-11-23-19(15-17)20-16-18(10-12-24-20)22(26)28-14-8-6-4-2/h9-12,15-16H,3-8,13-14H2,1-2H3. The van der Waals surface area contributed by atoms with Gasteiger partial charge in [-0.15, -0.1) is 0 Å². The maximum atomic E-state index is 12.2. The summed E-state index contributed by atoms with van der Waals surface area (Å²) < 4.78 is 10.6. The third-order valence-corrected chi connectivity index (χ3v) is 4.22. The number of hydrogen-bond acceptors (Lipinski definition) is 6. The molecule has 2 rings (SSSR count). The number of aromatic nitrogens is 2. The van der Waals surface area contributed by atoms with Gasteiger partial charge in [0, 0.05) is 12.4 Å². The van der Waals surface area contributed by atoms with Crippen molar-refractivity contribution in [3.05, 3.63) is 47.8 Å².